The second-order valence-electron chi connectivity index (χ2n) is 2.56. The largest absolute Gasteiger partial charge is 0.298 e. The van der Waals surface area contributed by atoms with Crippen LogP contribution in [0, 0.1) is 5.92 Å². The molecule has 0 radical (unpaired) electrons. The molecule has 1 rings (SSSR count). The Morgan fingerprint density at radius 1 is 1.50 bits per heavy atom. The van der Waals surface area contributed by atoms with Gasteiger partial charge in [-0.2, -0.15) is 0 Å². The van der Waals surface area contributed by atoms with Crippen LogP contribution in [0.25, 0.3) is 0 Å². The summed E-state index contributed by atoms with van der Waals surface area (Å²) in [7, 11) is 0. The van der Waals surface area contributed by atoms with Gasteiger partial charge >= 0.3 is 0 Å². The molecular weight excluding hydrogens is 98.1 g/mol. The fourth-order valence-electron chi connectivity index (χ4n) is 0.981. The summed E-state index contributed by atoms with van der Waals surface area (Å²) in [5.41, 5.74) is 0. The predicted octanol–water partition coefficient (Wildman–Crippen LogP) is 1.88. The van der Waals surface area contributed by atoms with Gasteiger partial charge in [0.1, 0.15) is 0 Å². The van der Waals surface area contributed by atoms with Gasteiger partial charge in [-0.15, -0.1) is 0 Å². The summed E-state index contributed by atoms with van der Waals surface area (Å²) >= 11 is 0. The van der Waals surface area contributed by atoms with Crippen LogP contribution in [0.1, 0.15) is 26.2 Å². The summed E-state index contributed by atoms with van der Waals surface area (Å²) in [4.78, 5) is 4.20. The Labute approximate surface area is 50.8 Å². The van der Waals surface area contributed by atoms with Gasteiger partial charge in [0.15, 0.2) is 0 Å². The molecule has 0 fully saturated rings. The first-order chi connectivity index (χ1) is 3.89. The molecule has 1 nitrogen and oxygen atoms in total. The summed E-state index contributed by atoms with van der Waals surface area (Å²) < 4.78 is 0. The Hall–Kier alpha value is -0.330. The third-order valence-corrected chi connectivity index (χ3v) is 1.67. The third-order valence-electron chi connectivity index (χ3n) is 1.67. The number of hydrogen-bond donors (Lipinski definition) is 0. The van der Waals surface area contributed by atoms with Gasteiger partial charge in [-0.1, -0.05) is 6.92 Å². The molecule has 0 aromatic rings. The molecule has 0 spiro atoms. The molecule has 0 saturated heterocycles. The van der Waals surface area contributed by atoms with Gasteiger partial charge in [0, 0.05) is 6.54 Å². The maximum Gasteiger partial charge on any atom is 0.0387 e. The minimum atomic E-state index is 0.900. The van der Waals surface area contributed by atoms with Gasteiger partial charge in [0.05, 0.1) is 0 Å². The Balaban J connectivity index is 2.28. The van der Waals surface area contributed by atoms with Crippen LogP contribution in [-0.4, -0.2) is 12.8 Å². The van der Waals surface area contributed by atoms with E-state index in [0.717, 1.165) is 12.5 Å². The highest BCUT2D eigenvalue weighted by Gasteiger charge is 2.01. The molecule has 8 heavy (non-hydrogen) atoms. The van der Waals surface area contributed by atoms with Crippen LogP contribution in [0.15, 0.2) is 4.99 Å². The average Bonchev–Trinajstić information content (AvgIpc) is 1.94. The molecule has 1 unspecified atom stereocenters. The van der Waals surface area contributed by atoms with Crippen LogP contribution in [0.5, 0.6) is 0 Å². The molecular formula is C7H13N. The van der Waals surface area contributed by atoms with Crippen molar-refractivity contribution in [2.24, 2.45) is 10.9 Å². The van der Waals surface area contributed by atoms with Crippen molar-refractivity contribution in [1.29, 1.82) is 0 Å². The van der Waals surface area contributed by atoms with Gasteiger partial charge in [-0.05, 0) is 31.4 Å². The van der Waals surface area contributed by atoms with Crippen molar-refractivity contribution >= 4 is 6.21 Å². The maximum absolute atomic E-state index is 4.20. The van der Waals surface area contributed by atoms with E-state index in [2.05, 4.69) is 18.1 Å². The molecule has 0 aromatic carbocycles. The highest BCUT2D eigenvalue weighted by atomic mass is 14.7. The van der Waals surface area contributed by atoms with Crippen molar-refractivity contribution in [2.45, 2.75) is 26.2 Å². The molecule has 0 aliphatic carbocycles. The lowest BCUT2D eigenvalue weighted by atomic mass is 10.0. The van der Waals surface area contributed by atoms with Crippen molar-refractivity contribution < 1.29 is 0 Å². The number of nitrogens with zero attached hydrogens (tertiary/aromatic N) is 1. The molecule has 1 heterocycles. The normalized spacial score (nSPS) is 29.9. The average molecular weight is 111 g/mol. The van der Waals surface area contributed by atoms with Crippen molar-refractivity contribution in [3.05, 3.63) is 0 Å². The summed E-state index contributed by atoms with van der Waals surface area (Å²) in [6.45, 7) is 3.36. The van der Waals surface area contributed by atoms with E-state index in [-0.39, 0.29) is 0 Å². The molecule has 0 bridgehead atoms. The lowest BCUT2D eigenvalue weighted by Crippen LogP contribution is -1.92. The first kappa shape index (κ1) is 5.80. The van der Waals surface area contributed by atoms with E-state index in [1.165, 1.54) is 19.3 Å². The zero-order valence-corrected chi connectivity index (χ0v) is 5.43. The summed E-state index contributed by atoms with van der Waals surface area (Å²) in [5.74, 6) is 0.900. The van der Waals surface area contributed by atoms with Gasteiger partial charge in [-0.25, -0.2) is 0 Å². The standard InChI is InChI=1S/C7H13N/c1-7-3-2-5-8-6-4-7/h5,7H,2-4,6H2,1H3. The van der Waals surface area contributed by atoms with Gasteiger partial charge in [0.2, 0.25) is 0 Å². The molecule has 0 aromatic heterocycles. The summed E-state index contributed by atoms with van der Waals surface area (Å²) in [6, 6.07) is 0. The molecule has 1 aliphatic heterocycles. The van der Waals surface area contributed by atoms with E-state index >= 15 is 0 Å². The molecule has 1 heteroatoms. The molecule has 0 N–H and O–H groups in total. The van der Waals surface area contributed by atoms with Crippen molar-refractivity contribution in [1.82, 2.24) is 0 Å². The van der Waals surface area contributed by atoms with Crippen LogP contribution >= 0.6 is 0 Å². The molecule has 1 aliphatic rings. The van der Waals surface area contributed by atoms with Crippen LogP contribution < -0.4 is 0 Å². The van der Waals surface area contributed by atoms with Gasteiger partial charge in [0.25, 0.3) is 0 Å². The van der Waals surface area contributed by atoms with Crippen LogP contribution in [0.3, 0.4) is 0 Å². The Kier molecular flexibility index (Phi) is 2.07. The quantitative estimate of drug-likeness (QED) is 0.452. The second kappa shape index (κ2) is 2.85. The van der Waals surface area contributed by atoms with Crippen molar-refractivity contribution in [3.8, 4) is 0 Å². The predicted molar refractivity (Wildman–Crippen MR) is 36.4 cm³/mol. The topological polar surface area (TPSA) is 12.4 Å². The first-order valence-corrected chi connectivity index (χ1v) is 3.38. The van der Waals surface area contributed by atoms with Gasteiger partial charge in [-0.3, -0.25) is 4.99 Å². The Morgan fingerprint density at radius 2 is 2.38 bits per heavy atom. The molecule has 46 valence electrons. The number of rotatable bonds is 0. The highest BCUT2D eigenvalue weighted by Crippen LogP contribution is 2.11. The monoisotopic (exact) mass is 111 g/mol. The molecule has 0 amide bonds. The Bertz CT molecular complexity index is 76.4. The minimum absolute atomic E-state index is 0.900. The number of hydrogen-bond acceptors (Lipinski definition) is 1. The smallest absolute Gasteiger partial charge is 0.0387 e. The number of aliphatic imine (C=N–C) groups is 1. The highest BCUT2D eigenvalue weighted by molar-refractivity contribution is 5.57. The summed E-state index contributed by atoms with van der Waals surface area (Å²) in [5, 5.41) is 0. The van der Waals surface area contributed by atoms with E-state index in [9.17, 15) is 0 Å². The fourth-order valence-corrected chi connectivity index (χ4v) is 0.981. The Morgan fingerprint density at radius 3 is 3.25 bits per heavy atom. The van der Waals surface area contributed by atoms with E-state index in [1.54, 1.807) is 0 Å². The second-order valence-corrected chi connectivity index (χ2v) is 2.56. The van der Waals surface area contributed by atoms with E-state index in [4.69, 9.17) is 0 Å². The van der Waals surface area contributed by atoms with Crippen molar-refractivity contribution in [2.75, 3.05) is 6.54 Å². The first-order valence-electron chi connectivity index (χ1n) is 3.38. The fraction of sp³-hybridized carbons (Fsp3) is 0.857. The lowest BCUT2D eigenvalue weighted by molar-refractivity contribution is 0.524. The van der Waals surface area contributed by atoms with E-state index in [0.29, 0.717) is 0 Å². The van der Waals surface area contributed by atoms with E-state index < -0.39 is 0 Å². The van der Waals surface area contributed by atoms with Crippen LogP contribution in [0.4, 0.5) is 0 Å². The minimum Gasteiger partial charge on any atom is -0.298 e. The lowest BCUT2D eigenvalue weighted by Gasteiger charge is -2.02. The zero-order chi connectivity index (χ0) is 5.82. The SMILES string of the molecule is CC1CCC=NCC1. The molecule has 0 saturated carbocycles. The zero-order valence-electron chi connectivity index (χ0n) is 5.43. The third kappa shape index (κ3) is 1.65. The van der Waals surface area contributed by atoms with Crippen molar-refractivity contribution in [3.63, 3.8) is 0 Å². The molecule has 1 atom stereocenters. The summed E-state index contributed by atoms with van der Waals surface area (Å²) in [6.07, 6.45) is 5.88. The van der Waals surface area contributed by atoms with Crippen LogP contribution in [-0.2, 0) is 0 Å². The van der Waals surface area contributed by atoms with Gasteiger partial charge < -0.3 is 0 Å². The maximum atomic E-state index is 4.20. The van der Waals surface area contributed by atoms with Crippen LogP contribution in [0.2, 0.25) is 0 Å². The van der Waals surface area contributed by atoms with E-state index in [1.807, 2.05) is 0 Å².